The van der Waals surface area contributed by atoms with E-state index in [2.05, 4.69) is 20.5 Å². The van der Waals surface area contributed by atoms with Gasteiger partial charge in [-0.1, -0.05) is 12.1 Å². The van der Waals surface area contributed by atoms with Crippen molar-refractivity contribution >= 4 is 61.2 Å². The fraction of sp³-hybridized carbons (Fsp3) is 0.250. The lowest BCUT2D eigenvalue weighted by Gasteiger charge is -2.12. The molecule has 3 aromatic rings. The molecule has 0 saturated heterocycles. The largest absolute Gasteiger partial charge is 0.465 e. The van der Waals surface area contributed by atoms with Crippen LogP contribution in [0.1, 0.15) is 33.5 Å². The molecule has 32 heavy (non-hydrogen) atoms. The number of anilines is 3. The van der Waals surface area contributed by atoms with Crippen LogP contribution in [0.4, 0.5) is 16.5 Å². The maximum atomic E-state index is 12.5. The van der Waals surface area contributed by atoms with Gasteiger partial charge in [0.15, 0.2) is 10.9 Å². The maximum Gasteiger partial charge on any atom is 0.341 e. The number of thiocarbonyl (C=S) groups is 1. The van der Waals surface area contributed by atoms with Crippen LogP contribution in [0.5, 0.6) is 0 Å². The zero-order chi connectivity index (χ0) is 23.5. The molecule has 3 N–H and O–H groups in total. The number of ether oxygens (including phenoxy) is 1. The summed E-state index contributed by atoms with van der Waals surface area (Å²) in [5.74, 6) is 0.167. The van der Waals surface area contributed by atoms with Crippen LogP contribution in [-0.2, 0) is 21.2 Å². The highest BCUT2D eigenvalue weighted by molar-refractivity contribution is 7.92. The van der Waals surface area contributed by atoms with E-state index in [0.29, 0.717) is 28.4 Å². The van der Waals surface area contributed by atoms with Crippen molar-refractivity contribution in [1.29, 1.82) is 0 Å². The molecule has 0 spiro atoms. The van der Waals surface area contributed by atoms with Crippen LogP contribution in [0.25, 0.3) is 0 Å². The number of carbonyl (C=O) groups excluding carboxylic acids is 1. The number of methoxy groups -OCH3 is 1. The number of nitrogens with zero attached hydrogens (tertiary/aromatic N) is 1. The number of hydrogen-bond acceptors (Lipinski definition) is 8. The molecule has 0 saturated carbocycles. The zero-order valence-electron chi connectivity index (χ0n) is 17.8. The van der Waals surface area contributed by atoms with Gasteiger partial charge in [0.2, 0.25) is 0 Å². The van der Waals surface area contributed by atoms with Crippen LogP contribution < -0.4 is 15.4 Å². The average Bonchev–Trinajstić information content (AvgIpc) is 3.28. The molecule has 0 unspecified atom stereocenters. The third-order valence-electron chi connectivity index (χ3n) is 4.47. The molecule has 2 aromatic heterocycles. The Hall–Kier alpha value is -2.96. The Kier molecular flexibility index (Phi) is 7.16. The Morgan fingerprint density at radius 1 is 1.22 bits per heavy atom. The molecule has 0 aliphatic carbocycles. The monoisotopic (exact) mass is 494 g/mol. The number of carbonyl (C=O) groups is 1. The molecular formula is C20H22N4O5S3. The molecule has 0 fully saturated rings. The van der Waals surface area contributed by atoms with E-state index >= 15 is 0 Å². The Morgan fingerprint density at radius 2 is 1.91 bits per heavy atom. The predicted molar refractivity (Wildman–Crippen MR) is 128 cm³/mol. The molecule has 0 amide bonds. The molecule has 12 heteroatoms. The van der Waals surface area contributed by atoms with Gasteiger partial charge in [0.05, 0.1) is 17.6 Å². The minimum absolute atomic E-state index is 0.0528. The predicted octanol–water partition coefficient (Wildman–Crippen LogP) is 4.31. The van der Waals surface area contributed by atoms with E-state index < -0.39 is 16.0 Å². The first-order valence-corrected chi connectivity index (χ1v) is 12.2. The van der Waals surface area contributed by atoms with Gasteiger partial charge in [-0.2, -0.15) is 0 Å². The maximum absolute atomic E-state index is 12.5. The normalized spacial score (nSPS) is 11.1. The number of hydrogen-bond donors (Lipinski definition) is 3. The van der Waals surface area contributed by atoms with Crippen LogP contribution in [-0.4, -0.2) is 31.8 Å². The summed E-state index contributed by atoms with van der Waals surface area (Å²) in [6, 6.07) is 7.51. The molecule has 0 atom stereocenters. The van der Waals surface area contributed by atoms with Crippen molar-refractivity contribution in [2.24, 2.45) is 0 Å². The second-order valence-corrected chi connectivity index (χ2v) is 10.0. The molecule has 170 valence electrons. The first kappa shape index (κ1) is 23.7. The Bertz CT molecular complexity index is 1250. The van der Waals surface area contributed by atoms with Crippen molar-refractivity contribution in [3.63, 3.8) is 0 Å². The van der Waals surface area contributed by atoms with E-state index in [4.69, 9.17) is 21.5 Å². The lowest BCUT2D eigenvalue weighted by molar-refractivity contribution is 0.0601. The van der Waals surface area contributed by atoms with Crippen molar-refractivity contribution in [1.82, 2.24) is 5.16 Å². The summed E-state index contributed by atoms with van der Waals surface area (Å²) in [7, 11) is -2.48. The van der Waals surface area contributed by atoms with E-state index in [9.17, 15) is 13.2 Å². The molecule has 1 aromatic carbocycles. The quantitative estimate of drug-likeness (QED) is 0.326. The van der Waals surface area contributed by atoms with Crippen LogP contribution in [0.3, 0.4) is 0 Å². The van der Waals surface area contributed by atoms with Crippen LogP contribution in [0, 0.1) is 13.8 Å². The molecule has 2 heterocycles. The van der Waals surface area contributed by atoms with Crippen LogP contribution in [0.2, 0.25) is 0 Å². The summed E-state index contributed by atoms with van der Waals surface area (Å²) in [5, 5.41) is 10.5. The van der Waals surface area contributed by atoms with Crippen molar-refractivity contribution in [2.45, 2.75) is 32.1 Å². The first-order chi connectivity index (χ1) is 15.1. The topological polar surface area (TPSA) is 123 Å². The molecule has 0 bridgehead atoms. The van der Waals surface area contributed by atoms with Gasteiger partial charge in [-0.05, 0) is 62.3 Å². The minimum atomic E-state index is -3.82. The van der Waals surface area contributed by atoms with Gasteiger partial charge in [-0.15, -0.1) is 11.3 Å². The first-order valence-electron chi connectivity index (χ1n) is 9.49. The fourth-order valence-corrected chi connectivity index (χ4v) is 5.41. The van der Waals surface area contributed by atoms with E-state index in [1.165, 1.54) is 36.6 Å². The SMILES string of the molecule is CCc1c(C)sc(NC(=S)Nc2ccc(S(=O)(=O)Nc3cc(C)on3)cc2)c1C(=O)OC. The molecule has 9 nitrogen and oxygen atoms in total. The highest BCUT2D eigenvalue weighted by Crippen LogP contribution is 2.34. The smallest absolute Gasteiger partial charge is 0.341 e. The summed E-state index contributed by atoms with van der Waals surface area (Å²) in [6.45, 7) is 5.57. The summed E-state index contributed by atoms with van der Waals surface area (Å²) in [5.41, 5.74) is 1.95. The van der Waals surface area contributed by atoms with Crippen molar-refractivity contribution in [3.05, 3.63) is 52.1 Å². The lowest BCUT2D eigenvalue weighted by atomic mass is 10.1. The van der Waals surface area contributed by atoms with E-state index in [-0.39, 0.29) is 15.8 Å². The molecular weight excluding hydrogens is 472 g/mol. The number of thiophene rings is 1. The average molecular weight is 495 g/mol. The third kappa shape index (κ3) is 5.26. The number of nitrogens with one attached hydrogen (secondary N) is 3. The molecule has 0 aliphatic heterocycles. The van der Waals surface area contributed by atoms with E-state index in [1.807, 2.05) is 13.8 Å². The van der Waals surface area contributed by atoms with E-state index in [0.717, 1.165) is 10.4 Å². The van der Waals surface area contributed by atoms with Crippen molar-refractivity contribution in [2.75, 3.05) is 22.5 Å². The summed E-state index contributed by atoms with van der Waals surface area (Å²) in [6.07, 6.45) is 0.687. The summed E-state index contributed by atoms with van der Waals surface area (Å²) in [4.78, 5) is 13.3. The number of benzene rings is 1. The molecule has 0 aliphatic rings. The molecule has 0 radical (unpaired) electrons. The second kappa shape index (κ2) is 9.67. The summed E-state index contributed by atoms with van der Waals surface area (Å²) < 4.78 is 37.1. The Balaban J connectivity index is 1.71. The van der Waals surface area contributed by atoms with Gasteiger partial charge >= 0.3 is 5.97 Å². The van der Waals surface area contributed by atoms with Crippen LogP contribution in [0.15, 0.2) is 39.8 Å². The number of rotatable bonds is 7. The van der Waals surface area contributed by atoms with Crippen molar-refractivity contribution in [3.8, 4) is 0 Å². The number of esters is 1. The second-order valence-electron chi connectivity index (χ2n) is 6.72. The number of aromatic nitrogens is 1. The standard InChI is InChI=1S/C20H22N4O5S3/c1-5-15-12(3)31-18(17(15)19(25)28-4)22-20(30)21-13-6-8-14(9-7-13)32(26,27)24-16-10-11(2)29-23-16/h6-10H,5H2,1-4H3,(H,23,24)(H2,21,22,30). The third-order valence-corrected chi connectivity index (χ3v) is 7.11. The number of aryl methyl sites for hydroxylation is 2. The molecule has 3 rings (SSSR count). The van der Waals surface area contributed by atoms with Gasteiger partial charge in [0.25, 0.3) is 10.0 Å². The minimum Gasteiger partial charge on any atom is -0.465 e. The van der Waals surface area contributed by atoms with Crippen molar-refractivity contribution < 1.29 is 22.5 Å². The summed E-state index contributed by atoms with van der Waals surface area (Å²) >= 11 is 6.78. The fourth-order valence-electron chi connectivity index (χ4n) is 3.00. The van der Waals surface area contributed by atoms with Gasteiger partial charge in [-0.25, -0.2) is 13.2 Å². The highest BCUT2D eigenvalue weighted by atomic mass is 32.2. The lowest BCUT2D eigenvalue weighted by Crippen LogP contribution is -2.20. The zero-order valence-corrected chi connectivity index (χ0v) is 20.3. The van der Waals surface area contributed by atoms with Gasteiger partial charge in [0.1, 0.15) is 10.8 Å². The van der Waals surface area contributed by atoms with E-state index in [1.54, 1.807) is 19.1 Å². The van der Waals surface area contributed by atoms with Crippen LogP contribution >= 0.6 is 23.6 Å². The van der Waals surface area contributed by atoms with Gasteiger partial charge < -0.3 is 19.9 Å². The van der Waals surface area contributed by atoms with Gasteiger partial charge in [-0.3, -0.25) is 4.72 Å². The highest BCUT2D eigenvalue weighted by Gasteiger charge is 2.22. The van der Waals surface area contributed by atoms with Gasteiger partial charge in [0, 0.05) is 16.6 Å². The Morgan fingerprint density at radius 3 is 2.47 bits per heavy atom. The Labute approximate surface area is 195 Å². The number of sulfonamides is 1.